The van der Waals surface area contributed by atoms with Crippen LogP contribution in [0.1, 0.15) is 12.5 Å². The average molecular weight is 448 g/mol. The van der Waals surface area contributed by atoms with Crippen molar-refractivity contribution in [3.8, 4) is 16.9 Å². The maximum Gasteiger partial charge on any atom is 0.241 e. The molecule has 172 valence electrons. The van der Waals surface area contributed by atoms with E-state index in [4.69, 9.17) is 4.74 Å². The van der Waals surface area contributed by atoms with E-state index in [1.807, 2.05) is 67.6 Å². The minimum absolute atomic E-state index is 0.0101. The Hall–Kier alpha value is -3.22. The molecule has 5 nitrogen and oxygen atoms in total. The lowest BCUT2D eigenvalue weighted by Crippen LogP contribution is -2.52. The van der Waals surface area contributed by atoms with Gasteiger partial charge in [0.05, 0.1) is 13.2 Å². The number of nitrogens with one attached hydrogen (secondary N) is 1. The number of nitrogens with zero attached hydrogens (tertiary/aromatic N) is 2. The van der Waals surface area contributed by atoms with Gasteiger partial charge in [0.1, 0.15) is 0 Å². The van der Waals surface area contributed by atoms with E-state index in [2.05, 4.69) is 15.1 Å². The van der Waals surface area contributed by atoms with Crippen molar-refractivity contribution >= 4 is 11.6 Å². The fourth-order valence-electron chi connectivity index (χ4n) is 4.24. The summed E-state index contributed by atoms with van der Waals surface area (Å²) in [6.07, 6.45) is 0. The van der Waals surface area contributed by atoms with Gasteiger partial charge in [0.2, 0.25) is 5.91 Å². The number of hydrogen-bond donors (Lipinski definition) is 1. The largest absolute Gasteiger partial charge is 0.494 e. The summed E-state index contributed by atoms with van der Waals surface area (Å²) >= 11 is 0. The zero-order chi connectivity index (χ0) is 23.2. The first-order chi connectivity index (χ1) is 16.0. The lowest BCUT2D eigenvalue weighted by molar-refractivity contribution is -0.121. The van der Waals surface area contributed by atoms with E-state index in [-0.39, 0.29) is 23.5 Å². The van der Waals surface area contributed by atoms with Gasteiger partial charge in [-0.25, -0.2) is 4.39 Å². The van der Waals surface area contributed by atoms with Gasteiger partial charge >= 0.3 is 0 Å². The van der Waals surface area contributed by atoms with E-state index >= 15 is 0 Å². The Labute approximate surface area is 194 Å². The number of hydrogen-bond acceptors (Lipinski definition) is 4. The number of piperazine rings is 1. The molecule has 1 atom stereocenters. The van der Waals surface area contributed by atoms with Crippen LogP contribution in [0, 0.1) is 5.82 Å². The summed E-state index contributed by atoms with van der Waals surface area (Å²) in [5.74, 6) is -0.0870. The van der Waals surface area contributed by atoms with Crippen LogP contribution in [0.4, 0.5) is 10.1 Å². The van der Waals surface area contributed by atoms with Crippen LogP contribution in [0.3, 0.4) is 0 Å². The number of benzene rings is 3. The van der Waals surface area contributed by atoms with E-state index in [1.165, 1.54) is 13.2 Å². The summed E-state index contributed by atoms with van der Waals surface area (Å²) in [5.41, 5.74) is 3.82. The molecule has 33 heavy (non-hydrogen) atoms. The first-order valence-electron chi connectivity index (χ1n) is 11.3. The number of halogens is 1. The molecular weight excluding hydrogens is 417 g/mol. The summed E-state index contributed by atoms with van der Waals surface area (Å²) in [4.78, 5) is 17.5. The molecule has 0 unspecified atom stereocenters. The minimum atomic E-state index is -0.338. The number of ether oxygens (including phenoxy) is 1. The van der Waals surface area contributed by atoms with Crippen molar-refractivity contribution in [2.24, 2.45) is 0 Å². The average Bonchev–Trinajstić information content (AvgIpc) is 2.85. The highest BCUT2D eigenvalue weighted by atomic mass is 19.1. The van der Waals surface area contributed by atoms with Gasteiger partial charge in [-0.3, -0.25) is 14.6 Å². The summed E-state index contributed by atoms with van der Waals surface area (Å²) < 4.78 is 19.0. The highest BCUT2D eigenvalue weighted by Gasteiger charge is 2.26. The molecule has 1 N–H and O–H groups in total. The van der Waals surface area contributed by atoms with Crippen molar-refractivity contribution in [2.45, 2.75) is 19.5 Å². The van der Waals surface area contributed by atoms with Gasteiger partial charge < -0.3 is 10.1 Å². The van der Waals surface area contributed by atoms with E-state index in [9.17, 15) is 9.18 Å². The Bertz CT molecular complexity index is 1080. The van der Waals surface area contributed by atoms with Crippen LogP contribution < -0.4 is 10.1 Å². The quantitative estimate of drug-likeness (QED) is 0.573. The van der Waals surface area contributed by atoms with Crippen LogP contribution in [0.15, 0.2) is 72.8 Å². The number of methoxy groups -OCH3 is 1. The predicted molar refractivity (Wildman–Crippen MR) is 130 cm³/mol. The number of rotatable bonds is 7. The van der Waals surface area contributed by atoms with Crippen LogP contribution in [-0.4, -0.2) is 55.0 Å². The number of carbonyl (C=O) groups is 1. The van der Waals surface area contributed by atoms with Crippen molar-refractivity contribution < 1.29 is 13.9 Å². The number of amides is 1. The van der Waals surface area contributed by atoms with E-state index in [0.29, 0.717) is 6.54 Å². The van der Waals surface area contributed by atoms with Gasteiger partial charge in [-0.05, 0) is 36.2 Å². The molecule has 1 saturated heterocycles. The van der Waals surface area contributed by atoms with Gasteiger partial charge in [0, 0.05) is 44.0 Å². The Morgan fingerprint density at radius 3 is 2.39 bits per heavy atom. The first-order valence-corrected chi connectivity index (χ1v) is 11.3. The summed E-state index contributed by atoms with van der Waals surface area (Å²) in [7, 11) is 1.47. The zero-order valence-electron chi connectivity index (χ0n) is 19.1. The normalized spacial score (nSPS) is 15.7. The van der Waals surface area contributed by atoms with E-state index in [1.54, 1.807) is 6.07 Å². The van der Waals surface area contributed by atoms with Gasteiger partial charge in [-0.2, -0.15) is 0 Å². The zero-order valence-corrected chi connectivity index (χ0v) is 19.1. The molecule has 4 rings (SSSR count). The summed E-state index contributed by atoms with van der Waals surface area (Å²) in [5, 5.41) is 3.13. The third kappa shape index (κ3) is 5.59. The van der Waals surface area contributed by atoms with Gasteiger partial charge in [0.25, 0.3) is 0 Å². The van der Waals surface area contributed by atoms with Crippen LogP contribution in [0.25, 0.3) is 11.1 Å². The fraction of sp³-hybridized carbons (Fsp3) is 0.296. The molecule has 6 heteroatoms. The molecule has 0 spiro atoms. The van der Waals surface area contributed by atoms with Crippen molar-refractivity contribution in [1.82, 2.24) is 9.80 Å². The fourth-order valence-corrected chi connectivity index (χ4v) is 4.24. The topological polar surface area (TPSA) is 44.8 Å². The van der Waals surface area contributed by atoms with Crippen molar-refractivity contribution in [3.63, 3.8) is 0 Å². The standard InChI is InChI=1S/C27H30FN3O2/c1-20(27(32)29-25-11-7-6-10-23(25)22-8-4-3-5-9-22)31-16-14-30(15-17-31)19-21-12-13-26(33-2)24(28)18-21/h3-13,18,20H,14-17,19H2,1-2H3,(H,29,32)/t20-/m0/s1. The maximum atomic E-state index is 14.0. The molecule has 0 aliphatic carbocycles. The third-order valence-corrected chi connectivity index (χ3v) is 6.23. The van der Waals surface area contributed by atoms with E-state index in [0.717, 1.165) is 48.6 Å². The molecule has 1 amide bonds. The monoisotopic (exact) mass is 447 g/mol. The highest BCUT2D eigenvalue weighted by molar-refractivity contribution is 5.98. The maximum absolute atomic E-state index is 14.0. The minimum Gasteiger partial charge on any atom is -0.494 e. The van der Waals surface area contributed by atoms with Crippen molar-refractivity contribution in [2.75, 3.05) is 38.6 Å². The molecular formula is C27H30FN3O2. The molecule has 1 aliphatic rings. The molecule has 3 aromatic rings. The molecule has 0 bridgehead atoms. The van der Waals surface area contributed by atoms with Gasteiger partial charge in [0.15, 0.2) is 11.6 Å². The molecule has 1 aliphatic heterocycles. The molecule has 1 fully saturated rings. The predicted octanol–water partition coefficient (Wildman–Crippen LogP) is 4.65. The van der Waals surface area contributed by atoms with Crippen molar-refractivity contribution in [1.29, 1.82) is 0 Å². The van der Waals surface area contributed by atoms with Crippen LogP contribution in [0.5, 0.6) is 5.75 Å². The molecule has 0 saturated carbocycles. The Balaban J connectivity index is 1.33. The Morgan fingerprint density at radius 1 is 1.00 bits per heavy atom. The van der Waals surface area contributed by atoms with Crippen molar-refractivity contribution in [3.05, 3.63) is 84.2 Å². The second-order valence-electron chi connectivity index (χ2n) is 8.36. The summed E-state index contributed by atoms with van der Waals surface area (Å²) in [6.45, 7) is 5.85. The van der Waals surface area contributed by atoms with Crippen LogP contribution in [0.2, 0.25) is 0 Å². The second-order valence-corrected chi connectivity index (χ2v) is 8.36. The molecule has 1 heterocycles. The lowest BCUT2D eigenvalue weighted by Gasteiger charge is -2.37. The molecule has 0 aromatic heterocycles. The SMILES string of the molecule is COc1ccc(CN2CCN([C@@H](C)C(=O)Nc3ccccc3-c3ccccc3)CC2)cc1F. The second kappa shape index (κ2) is 10.6. The number of carbonyl (C=O) groups excluding carboxylic acids is 1. The molecule has 0 radical (unpaired) electrons. The number of anilines is 1. The lowest BCUT2D eigenvalue weighted by atomic mass is 10.0. The van der Waals surface area contributed by atoms with E-state index < -0.39 is 0 Å². The van der Waals surface area contributed by atoms with Gasteiger partial charge in [-0.1, -0.05) is 54.6 Å². The third-order valence-electron chi connectivity index (χ3n) is 6.23. The van der Waals surface area contributed by atoms with Gasteiger partial charge in [-0.15, -0.1) is 0 Å². The summed E-state index contributed by atoms with van der Waals surface area (Å²) in [6, 6.07) is 22.8. The Kier molecular flexibility index (Phi) is 7.37. The first kappa shape index (κ1) is 23.0. The smallest absolute Gasteiger partial charge is 0.241 e. The number of para-hydroxylation sites is 1. The molecule has 3 aromatic carbocycles. The Morgan fingerprint density at radius 2 is 1.70 bits per heavy atom. The van der Waals surface area contributed by atoms with Crippen LogP contribution in [-0.2, 0) is 11.3 Å². The van der Waals surface area contributed by atoms with Crippen LogP contribution >= 0.6 is 0 Å². The highest BCUT2D eigenvalue weighted by Crippen LogP contribution is 2.28.